The zero-order valence-electron chi connectivity index (χ0n) is 6.74. The summed E-state index contributed by atoms with van der Waals surface area (Å²) >= 11 is 6.61. The molecule has 0 unspecified atom stereocenters. The Labute approximate surface area is 87.9 Å². The SMILES string of the molecule is Fc1cc(Cl)cnc1Sc1ncn[nH]1. The highest BCUT2D eigenvalue weighted by Gasteiger charge is 2.08. The van der Waals surface area contributed by atoms with Gasteiger partial charge in [-0.1, -0.05) is 11.6 Å². The molecule has 2 rings (SSSR count). The van der Waals surface area contributed by atoms with Crippen molar-refractivity contribution in [1.29, 1.82) is 0 Å². The summed E-state index contributed by atoms with van der Waals surface area (Å²) in [6.07, 6.45) is 2.72. The summed E-state index contributed by atoms with van der Waals surface area (Å²) in [5.41, 5.74) is 0. The number of hydrogen-bond donors (Lipinski definition) is 1. The van der Waals surface area contributed by atoms with Crippen LogP contribution in [0.2, 0.25) is 5.02 Å². The van der Waals surface area contributed by atoms with Crippen molar-refractivity contribution in [3.63, 3.8) is 0 Å². The summed E-state index contributed by atoms with van der Waals surface area (Å²) in [6, 6.07) is 1.20. The molecular formula is C7H4ClFN4S. The maximum atomic E-state index is 13.2. The van der Waals surface area contributed by atoms with Crippen LogP contribution < -0.4 is 0 Å². The summed E-state index contributed by atoms with van der Waals surface area (Å²) < 4.78 is 13.2. The quantitative estimate of drug-likeness (QED) is 0.859. The molecule has 1 N–H and O–H groups in total. The molecule has 0 aromatic carbocycles. The lowest BCUT2D eigenvalue weighted by Crippen LogP contribution is -1.87. The number of H-pyrrole nitrogens is 1. The first kappa shape index (κ1) is 9.42. The molecule has 14 heavy (non-hydrogen) atoms. The second-order valence-corrected chi connectivity index (χ2v) is 3.75. The molecular weight excluding hydrogens is 227 g/mol. The van der Waals surface area contributed by atoms with Gasteiger partial charge in [0.15, 0.2) is 11.0 Å². The van der Waals surface area contributed by atoms with E-state index in [-0.39, 0.29) is 10.0 Å². The van der Waals surface area contributed by atoms with Crippen LogP contribution in [0.1, 0.15) is 0 Å². The fourth-order valence-electron chi connectivity index (χ4n) is 0.812. The van der Waals surface area contributed by atoms with Crippen LogP contribution in [0.15, 0.2) is 28.8 Å². The van der Waals surface area contributed by atoms with Crippen molar-refractivity contribution in [2.75, 3.05) is 0 Å². The molecule has 0 aliphatic heterocycles. The van der Waals surface area contributed by atoms with Gasteiger partial charge < -0.3 is 0 Å². The van der Waals surface area contributed by atoms with E-state index in [1.54, 1.807) is 0 Å². The Morgan fingerprint density at radius 2 is 2.29 bits per heavy atom. The Bertz CT molecular complexity index is 433. The minimum Gasteiger partial charge on any atom is -0.254 e. The van der Waals surface area contributed by atoms with E-state index >= 15 is 0 Å². The van der Waals surface area contributed by atoms with Gasteiger partial charge in [-0.2, -0.15) is 5.10 Å². The van der Waals surface area contributed by atoms with Crippen LogP contribution in [-0.4, -0.2) is 20.2 Å². The molecule has 0 atom stereocenters. The third kappa shape index (κ3) is 2.02. The summed E-state index contributed by atoms with van der Waals surface area (Å²) in [5, 5.41) is 7.19. The monoisotopic (exact) mass is 230 g/mol. The van der Waals surface area contributed by atoms with Gasteiger partial charge in [-0.25, -0.2) is 14.4 Å². The Balaban J connectivity index is 2.25. The van der Waals surface area contributed by atoms with Crippen molar-refractivity contribution in [3.8, 4) is 0 Å². The average molecular weight is 231 g/mol. The summed E-state index contributed by atoms with van der Waals surface area (Å²) in [5.74, 6) is -0.473. The van der Waals surface area contributed by atoms with Crippen molar-refractivity contribution in [1.82, 2.24) is 20.2 Å². The minimum absolute atomic E-state index is 0.214. The van der Waals surface area contributed by atoms with Crippen LogP contribution in [0, 0.1) is 5.82 Å². The van der Waals surface area contributed by atoms with E-state index in [1.165, 1.54) is 18.6 Å². The topological polar surface area (TPSA) is 54.5 Å². The number of hydrogen-bond acceptors (Lipinski definition) is 4. The number of aromatic nitrogens is 4. The molecule has 2 aromatic heterocycles. The minimum atomic E-state index is -0.473. The van der Waals surface area contributed by atoms with Crippen molar-refractivity contribution < 1.29 is 4.39 Å². The normalized spacial score (nSPS) is 10.4. The number of halogens is 2. The number of nitrogens with one attached hydrogen (secondary N) is 1. The lowest BCUT2D eigenvalue weighted by molar-refractivity contribution is 0.587. The fraction of sp³-hybridized carbons (Fsp3) is 0. The highest BCUT2D eigenvalue weighted by molar-refractivity contribution is 7.99. The predicted molar refractivity (Wildman–Crippen MR) is 49.7 cm³/mol. The molecule has 0 radical (unpaired) electrons. The van der Waals surface area contributed by atoms with Crippen LogP contribution in [0.3, 0.4) is 0 Å². The van der Waals surface area contributed by atoms with Gasteiger partial charge in [-0.15, -0.1) is 0 Å². The van der Waals surface area contributed by atoms with E-state index in [2.05, 4.69) is 20.2 Å². The summed E-state index contributed by atoms with van der Waals surface area (Å²) in [6.45, 7) is 0. The second kappa shape index (κ2) is 3.93. The molecule has 2 aromatic rings. The molecule has 7 heteroatoms. The molecule has 0 aliphatic rings. The maximum absolute atomic E-state index is 13.2. The van der Waals surface area contributed by atoms with Gasteiger partial charge in [0.1, 0.15) is 11.4 Å². The van der Waals surface area contributed by atoms with E-state index in [9.17, 15) is 4.39 Å². The molecule has 2 heterocycles. The molecule has 0 spiro atoms. The smallest absolute Gasteiger partial charge is 0.189 e. The van der Waals surface area contributed by atoms with Gasteiger partial charge in [0.2, 0.25) is 0 Å². The third-order valence-electron chi connectivity index (χ3n) is 1.36. The molecule has 72 valence electrons. The average Bonchev–Trinajstić information content (AvgIpc) is 2.62. The lowest BCUT2D eigenvalue weighted by atomic mass is 10.5. The van der Waals surface area contributed by atoms with E-state index in [1.807, 2.05) is 0 Å². The molecule has 0 fully saturated rings. The molecule has 0 saturated heterocycles. The summed E-state index contributed by atoms with van der Waals surface area (Å²) in [4.78, 5) is 7.65. The van der Waals surface area contributed by atoms with Gasteiger partial charge in [0.25, 0.3) is 0 Å². The van der Waals surface area contributed by atoms with E-state index < -0.39 is 5.82 Å². The standard InChI is InChI=1S/C7H4ClFN4S/c8-4-1-5(9)6(10-2-4)14-7-11-3-12-13-7/h1-3H,(H,11,12,13). The van der Waals surface area contributed by atoms with Gasteiger partial charge >= 0.3 is 0 Å². The first-order valence-corrected chi connectivity index (χ1v) is 4.79. The highest BCUT2D eigenvalue weighted by atomic mass is 35.5. The van der Waals surface area contributed by atoms with Crippen molar-refractivity contribution >= 4 is 23.4 Å². The van der Waals surface area contributed by atoms with Crippen molar-refractivity contribution in [2.45, 2.75) is 10.2 Å². The molecule has 0 saturated carbocycles. The first-order chi connectivity index (χ1) is 6.75. The van der Waals surface area contributed by atoms with Crippen LogP contribution in [0.5, 0.6) is 0 Å². The predicted octanol–water partition coefficient (Wildman–Crippen LogP) is 2.14. The van der Waals surface area contributed by atoms with Crippen LogP contribution in [0.25, 0.3) is 0 Å². The molecule has 0 aliphatic carbocycles. The van der Waals surface area contributed by atoms with Crippen molar-refractivity contribution in [2.24, 2.45) is 0 Å². The zero-order valence-corrected chi connectivity index (χ0v) is 8.31. The van der Waals surface area contributed by atoms with E-state index in [0.717, 1.165) is 11.8 Å². The Kier molecular flexibility index (Phi) is 2.64. The summed E-state index contributed by atoms with van der Waals surface area (Å²) in [7, 11) is 0. The zero-order chi connectivity index (χ0) is 9.97. The number of pyridine rings is 1. The largest absolute Gasteiger partial charge is 0.254 e. The fourth-order valence-corrected chi connectivity index (χ4v) is 1.60. The molecule has 0 bridgehead atoms. The van der Waals surface area contributed by atoms with Crippen LogP contribution in [0.4, 0.5) is 4.39 Å². The third-order valence-corrected chi connectivity index (χ3v) is 2.45. The van der Waals surface area contributed by atoms with Gasteiger partial charge in [0, 0.05) is 6.20 Å². The Hall–Kier alpha value is -1.14. The first-order valence-electron chi connectivity index (χ1n) is 3.60. The van der Waals surface area contributed by atoms with Crippen molar-refractivity contribution in [3.05, 3.63) is 29.4 Å². The van der Waals surface area contributed by atoms with Crippen LogP contribution in [-0.2, 0) is 0 Å². The van der Waals surface area contributed by atoms with Gasteiger partial charge in [-0.05, 0) is 17.8 Å². The molecule has 4 nitrogen and oxygen atoms in total. The van der Waals surface area contributed by atoms with Gasteiger partial charge in [0.05, 0.1) is 5.02 Å². The highest BCUT2D eigenvalue weighted by Crippen LogP contribution is 2.25. The Morgan fingerprint density at radius 3 is 2.93 bits per heavy atom. The van der Waals surface area contributed by atoms with Crippen LogP contribution >= 0.6 is 23.4 Å². The van der Waals surface area contributed by atoms with Gasteiger partial charge in [-0.3, -0.25) is 5.10 Å². The number of rotatable bonds is 2. The second-order valence-electron chi connectivity index (χ2n) is 2.33. The van der Waals surface area contributed by atoms with E-state index in [0.29, 0.717) is 5.16 Å². The lowest BCUT2D eigenvalue weighted by Gasteiger charge is -1.98. The Morgan fingerprint density at radius 1 is 1.43 bits per heavy atom. The van der Waals surface area contributed by atoms with E-state index in [4.69, 9.17) is 11.6 Å². The number of nitrogens with zero attached hydrogens (tertiary/aromatic N) is 3. The number of aromatic amines is 1. The maximum Gasteiger partial charge on any atom is 0.189 e. The molecule has 0 amide bonds.